The molecule has 168 valence electrons. The Morgan fingerprint density at radius 1 is 0.969 bits per heavy atom. The second kappa shape index (κ2) is 9.72. The van der Waals surface area contributed by atoms with Crippen molar-refractivity contribution in [2.75, 3.05) is 11.1 Å². The van der Waals surface area contributed by atoms with Crippen molar-refractivity contribution in [3.63, 3.8) is 0 Å². The molecule has 0 unspecified atom stereocenters. The van der Waals surface area contributed by atoms with Gasteiger partial charge in [0.25, 0.3) is 0 Å². The lowest BCUT2D eigenvalue weighted by molar-refractivity contribution is -0.113. The van der Waals surface area contributed by atoms with E-state index in [1.165, 1.54) is 6.07 Å². The number of nitrogens with one attached hydrogen (secondary N) is 1. The van der Waals surface area contributed by atoms with Gasteiger partial charge in [-0.25, -0.2) is 17.6 Å². The van der Waals surface area contributed by atoms with E-state index >= 15 is 0 Å². The fourth-order valence-electron chi connectivity index (χ4n) is 3.81. The molecule has 1 aliphatic carbocycles. The van der Waals surface area contributed by atoms with Crippen LogP contribution in [0.3, 0.4) is 0 Å². The average molecular weight is 464 g/mol. The summed E-state index contributed by atoms with van der Waals surface area (Å²) < 4.78 is 56.6. The van der Waals surface area contributed by atoms with Gasteiger partial charge < -0.3 is 5.32 Å². The average Bonchev–Trinajstić information content (AvgIpc) is 3.23. The number of amides is 1. The molecule has 0 bridgehead atoms. The minimum atomic E-state index is -1.65. The molecule has 4 rings (SSSR count). The van der Waals surface area contributed by atoms with Gasteiger partial charge in [0, 0.05) is 6.04 Å². The number of hydrogen-bond donors (Lipinski definition) is 1. The van der Waals surface area contributed by atoms with Gasteiger partial charge in [-0.3, -0.25) is 9.36 Å². The number of benzene rings is 2. The number of carbonyl (C=O) groups excluding carboxylic acids is 1. The smallest absolute Gasteiger partial charge is 0.234 e. The van der Waals surface area contributed by atoms with Gasteiger partial charge in [-0.2, -0.15) is 0 Å². The number of rotatable bonds is 6. The molecule has 1 N–H and O–H groups in total. The van der Waals surface area contributed by atoms with E-state index in [0.29, 0.717) is 16.5 Å². The third kappa shape index (κ3) is 4.64. The zero-order valence-electron chi connectivity index (χ0n) is 17.0. The normalized spacial score (nSPS) is 14.5. The zero-order valence-corrected chi connectivity index (χ0v) is 17.8. The van der Waals surface area contributed by atoms with Crippen LogP contribution in [0.15, 0.2) is 41.6 Å². The van der Waals surface area contributed by atoms with Crippen molar-refractivity contribution in [2.45, 2.75) is 43.3 Å². The van der Waals surface area contributed by atoms with Gasteiger partial charge in [0.1, 0.15) is 5.82 Å². The number of aromatic nitrogens is 3. The summed E-state index contributed by atoms with van der Waals surface area (Å²) in [6, 6.07) is 8.06. The van der Waals surface area contributed by atoms with Crippen LogP contribution in [0.5, 0.6) is 0 Å². The zero-order chi connectivity index (χ0) is 22.7. The van der Waals surface area contributed by atoms with Gasteiger partial charge >= 0.3 is 0 Å². The van der Waals surface area contributed by atoms with Crippen molar-refractivity contribution in [3.05, 3.63) is 59.7 Å². The van der Waals surface area contributed by atoms with Crippen LogP contribution in [0.25, 0.3) is 11.4 Å². The molecule has 1 heterocycles. The molecule has 2 aromatic carbocycles. The van der Waals surface area contributed by atoms with E-state index in [0.717, 1.165) is 56.0 Å². The number of thioether (sulfide) groups is 1. The van der Waals surface area contributed by atoms with Crippen LogP contribution >= 0.6 is 11.8 Å². The maximum absolute atomic E-state index is 14.4. The highest BCUT2D eigenvalue weighted by atomic mass is 32.2. The van der Waals surface area contributed by atoms with Gasteiger partial charge in [-0.15, -0.1) is 10.2 Å². The molecule has 1 saturated carbocycles. The highest BCUT2D eigenvalue weighted by Crippen LogP contribution is 2.36. The summed E-state index contributed by atoms with van der Waals surface area (Å²) in [5.41, 5.74) is -0.124. The van der Waals surface area contributed by atoms with Crippen molar-refractivity contribution < 1.29 is 22.4 Å². The quantitative estimate of drug-likeness (QED) is 0.287. The van der Waals surface area contributed by atoms with Crippen molar-refractivity contribution in [2.24, 2.45) is 0 Å². The van der Waals surface area contributed by atoms with Crippen molar-refractivity contribution in [1.82, 2.24) is 14.8 Å². The van der Waals surface area contributed by atoms with Crippen LogP contribution in [0, 0.1) is 23.3 Å². The molecule has 0 saturated heterocycles. The van der Waals surface area contributed by atoms with E-state index in [9.17, 15) is 22.4 Å². The maximum atomic E-state index is 14.4. The summed E-state index contributed by atoms with van der Waals surface area (Å²) in [4.78, 5) is 12.3. The monoisotopic (exact) mass is 464 g/mol. The van der Waals surface area contributed by atoms with E-state index in [2.05, 4.69) is 15.5 Å². The second-order valence-corrected chi connectivity index (χ2v) is 8.45. The van der Waals surface area contributed by atoms with E-state index < -0.39 is 34.9 Å². The molecule has 32 heavy (non-hydrogen) atoms. The summed E-state index contributed by atoms with van der Waals surface area (Å²) in [6.45, 7) is 0. The molecule has 0 aliphatic heterocycles. The lowest BCUT2D eigenvalue weighted by Crippen LogP contribution is -2.18. The Hall–Kier alpha value is -2.88. The maximum Gasteiger partial charge on any atom is 0.234 e. The van der Waals surface area contributed by atoms with Crippen molar-refractivity contribution >= 4 is 23.4 Å². The molecule has 1 aliphatic rings. The van der Waals surface area contributed by atoms with Gasteiger partial charge in [0.15, 0.2) is 28.4 Å². The Balaban J connectivity index is 1.55. The molecule has 5 nitrogen and oxygen atoms in total. The first-order valence-electron chi connectivity index (χ1n) is 10.2. The van der Waals surface area contributed by atoms with Gasteiger partial charge in [-0.1, -0.05) is 43.2 Å². The van der Waals surface area contributed by atoms with E-state index in [1.807, 2.05) is 4.57 Å². The molecule has 3 aromatic rings. The Labute approximate surface area is 186 Å². The molecule has 10 heteroatoms. The molecule has 0 spiro atoms. The summed E-state index contributed by atoms with van der Waals surface area (Å²) in [5.74, 6) is -5.26. The van der Waals surface area contributed by atoms with Crippen LogP contribution in [0.4, 0.5) is 23.2 Å². The highest BCUT2D eigenvalue weighted by Gasteiger charge is 2.25. The molecule has 1 aromatic heterocycles. The summed E-state index contributed by atoms with van der Waals surface area (Å²) >= 11 is 1.07. The predicted molar refractivity (Wildman–Crippen MR) is 113 cm³/mol. The van der Waals surface area contributed by atoms with Crippen molar-refractivity contribution in [1.29, 1.82) is 0 Å². The van der Waals surface area contributed by atoms with Gasteiger partial charge in [0.2, 0.25) is 5.91 Å². The van der Waals surface area contributed by atoms with E-state index in [-0.39, 0.29) is 11.8 Å². The molecular weight excluding hydrogens is 444 g/mol. The van der Waals surface area contributed by atoms with Crippen LogP contribution < -0.4 is 5.32 Å². The number of carbonyl (C=O) groups is 1. The standard InChI is InChI=1S/C22H20F4N4OS/c23-15-9-5-4-8-14(15)21-28-29-22(30(21)13-6-2-1-3-7-13)32-12-18(31)27-17-11-10-16(24)19(25)20(17)26/h4-5,8-11,13H,1-3,6-7,12H2,(H,27,31). The van der Waals surface area contributed by atoms with Crippen LogP contribution in [0.2, 0.25) is 0 Å². The van der Waals surface area contributed by atoms with E-state index in [1.54, 1.807) is 18.2 Å². The fourth-order valence-corrected chi connectivity index (χ4v) is 4.61. The number of halogens is 4. The third-order valence-corrected chi connectivity index (χ3v) is 6.30. The topological polar surface area (TPSA) is 59.8 Å². The summed E-state index contributed by atoms with van der Waals surface area (Å²) in [7, 11) is 0. The SMILES string of the molecule is O=C(CSc1nnc(-c2ccccc2F)n1C1CCCCC1)Nc1ccc(F)c(F)c1F. The first-order chi connectivity index (χ1) is 15.5. The highest BCUT2D eigenvalue weighted by molar-refractivity contribution is 7.99. The summed E-state index contributed by atoms with van der Waals surface area (Å²) in [5, 5.41) is 11.0. The van der Waals surface area contributed by atoms with Crippen LogP contribution in [-0.2, 0) is 4.79 Å². The van der Waals surface area contributed by atoms with Crippen LogP contribution in [-0.4, -0.2) is 26.4 Å². The minimum absolute atomic E-state index is 0.0718. The predicted octanol–water partition coefficient (Wildman–Crippen LogP) is 5.74. The third-order valence-electron chi connectivity index (χ3n) is 5.36. The second-order valence-electron chi connectivity index (χ2n) is 7.51. The Kier molecular flexibility index (Phi) is 6.78. The Morgan fingerprint density at radius 2 is 1.72 bits per heavy atom. The Morgan fingerprint density at radius 3 is 2.47 bits per heavy atom. The van der Waals surface area contributed by atoms with E-state index in [4.69, 9.17) is 0 Å². The number of anilines is 1. The van der Waals surface area contributed by atoms with Gasteiger partial charge in [0.05, 0.1) is 17.0 Å². The lowest BCUT2D eigenvalue weighted by atomic mass is 9.95. The van der Waals surface area contributed by atoms with Crippen molar-refractivity contribution in [3.8, 4) is 11.4 Å². The largest absolute Gasteiger partial charge is 0.323 e. The Bertz CT molecular complexity index is 1130. The molecule has 0 radical (unpaired) electrons. The molecular formula is C22H20F4N4OS. The minimum Gasteiger partial charge on any atom is -0.323 e. The number of hydrogen-bond acceptors (Lipinski definition) is 4. The van der Waals surface area contributed by atoms with Crippen LogP contribution in [0.1, 0.15) is 38.1 Å². The molecule has 1 fully saturated rings. The lowest BCUT2D eigenvalue weighted by Gasteiger charge is -2.25. The van der Waals surface area contributed by atoms with Gasteiger partial charge in [-0.05, 0) is 37.1 Å². The molecule has 1 amide bonds. The number of nitrogens with zero attached hydrogens (tertiary/aromatic N) is 3. The first-order valence-corrected chi connectivity index (χ1v) is 11.2. The fraction of sp³-hybridized carbons (Fsp3) is 0.318. The summed E-state index contributed by atoms with van der Waals surface area (Å²) in [6.07, 6.45) is 4.95. The first kappa shape index (κ1) is 22.3. The molecule has 0 atom stereocenters.